The number of rotatable bonds is 8. The number of halogens is 2. The van der Waals surface area contributed by atoms with Crippen LogP contribution in [-0.4, -0.2) is 40.2 Å². The van der Waals surface area contributed by atoms with E-state index in [0.717, 1.165) is 46.2 Å². The number of hydrogen-bond donors (Lipinski definition) is 2. The molecule has 0 saturated heterocycles. The van der Waals surface area contributed by atoms with Gasteiger partial charge in [-0.3, -0.25) is 0 Å². The SMILES string of the molecule is CC(C)(C)CC(C)(C)c1c[c]c(O)c(-n2nc3ccc(Cl)cc3n2)c1-c1ccc(-c2c(C(C)(C)CC(C)(C)C)c[c]c(O)c2-n2nc3ccc(Cl)cc3n2)cc1. The first-order chi connectivity index (χ1) is 26.1. The Labute approximate surface area is 339 Å². The Kier molecular flexibility index (Phi) is 9.78. The highest BCUT2D eigenvalue weighted by atomic mass is 35.5. The van der Waals surface area contributed by atoms with Crippen LogP contribution in [0.4, 0.5) is 0 Å². The van der Waals surface area contributed by atoms with Gasteiger partial charge in [-0.1, -0.05) is 117 Å². The zero-order chi connectivity index (χ0) is 40.5. The molecule has 0 amide bonds. The molecule has 8 nitrogen and oxygen atoms in total. The fourth-order valence-electron chi connectivity index (χ4n) is 8.72. The van der Waals surface area contributed by atoms with E-state index in [2.05, 4.69) is 106 Å². The Bertz CT molecular complexity index is 2430. The number of benzene rings is 5. The highest BCUT2D eigenvalue weighted by Crippen LogP contribution is 2.48. The van der Waals surface area contributed by atoms with Gasteiger partial charge in [0.15, 0.2) is 11.5 Å². The largest absolute Gasteiger partial charge is 0.505 e. The van der Waals surface area contributed by atoms with Crippen LogP contribution in [-0.2, 0) is 10.8 Å². The second kappa shape index (κ2) is 13.9. The second-order valence-electron chi connectivity index (χ2n) is 18.6. The third kappa shape index (κ3) is 7.74. The zero-order valence-corrected chi connectivity index (χ0v) is 35.2. The number of nitrogens with zero attached hydrogens (tertiary/aromatic N) is 6. The molecular formula is C46H48Cl2N6O2. The van der Waals surface area contributed by atoms with Crippen molar-refractivity contribution < 1.29 is 10.2 Å². The van der Waals surface area contributed by atoms with E-state index in [9.17, 15) is 10.2 Å². The van der Waals surface area contributed by atoms with Crippen LogP contribution in [0.25, 0.3) is 55.7 Å². The first kappa shape index (κ1) is 39.3. The molecule has 288 valence electrons. The average molecular weight is 788 g/mol. The molecule has 0 saturated carbocycles. The van der Waals surface area contributed by atoms with Crippen molar-refractivity contribution in [2.75, 3.05) is 0 Å². The third-order valence-electron chi connectivity index (χ3n) is 10.1. The van der Waals surface area contributed by atoms with E-state index in [1.807, 2.05) is 24.3 Å². The maximum Gasteiger partial charge on any atom is 0.151 e. The average Bonchev–Trinajstić information content (AvgIpc) is 3.69. The highest BCUT2D eigenvalue weighted by molar-refractivity contribution is 6.31. The van der Waals surface area contributed by atoms with Gasteiger partial charge < -0.3 is 10.2 Å². The van der Waals surface area contributed by atoms with Crippen LogP contribution in [0.3, 0.4) is 0 Å². The predicted octanol–water partition coefficient (Wildman–Crippen LogP) is 12.2. The van der Waals surface area contributed by atoms with Crippen molar-refractivity contribution in [1.82, 2.24) is 30.0 Å². The summed E-state index contributed by atoms with van der Waals surface area (Å²) in [5.41, 5.74) is 8.00. The molecule has 7 aromatic rings. The van der Waals surface area contributed by atoms with Crippen molar-refractivity contribution in [2.24, 2.45) is 10.8 Å². The normalized spacial score (nSPS) is 12.9. The van der Waals surface area contributed by atoms with Gasteiger partial charge in [-0.05, 0) is 105 Å². The topological polar surface area (TPSA) is 102 Å². The molecule has 0 bridgehead atoms. The minimum atomic E-state index is -0.337. The molecule has 5 aromatic carbocycles. The van der Waals surface area contributed by atoms with Gasteiger partial charge in [0.1, 0.15) is 33.4 Å². The van der Waals surface area contributed by atoms with Crippen LogP contribution in [0.2, 0.25) is 10.0 Å². The zero-order valence-electron chi connectivity index (χ0n) is 33.7. The van der Waals surface area contributed by atoms with Gasteiger partial charge in [-0.2, -0.15) is 0 Å². The lowest BCUT2D eigenvalue weighted by Gasteiger charge is -2.35. The quantitative estimate of drug-likeness (QED) is 0.159. The van der Waals surface area contributed by atoms with E-state index in [0.29, 0.717) is 43.5 Å². The number of aromatic nitrogens is 6. The summed E-state index contributed by atoms with van der Waals surface area (Å²) < 4.78 is 0. The van der Waals surface area contributed by atoms with E-state index in [-0.39, 0.29) is 33.2 Å². The molecule has 0 aliphatic rings. The van der Waals surface area contributed by atoms with E-state index in [4.69, 9.17) is 43.6 Å². The van der Waals surface area contributed by atoms with Crippen molar-refractivity contribution in [2.45, 2.75) is 92.9 Å². The Morgan fingerprint density at radius 1 is 0.518 bits per heavy atom. The molecule has 10 heteroatoms. The highest BCUT2D eigenvalue weighted by Gasteiger charge is 2.35. The van der Waals surface area contributed by atoms with E-state index in [1.165, 1.54) is 9.59 Å². The molecule has 7 rings (SSSR count). The molecule has 2 heterocycles. The van der Waals surface area contributed by atoms with Gasteiger partial charge in [-0.15, -0.1) is 30.0 Å². The maximum atomic E-state index is 11.6. The lowest BCUT2D eigenvalue weighted by Crippen LogP contribution is -2.26. The Morgan fingerprint density at radius 3 is 1.20 bits per heavy atom. The number of phenolic OH excluding ortho intramolecular Hbond substituents is 2. The third-order valence-corrected chi connectivity index (χ3v) is 10.6. The van der Waals surface area contributed by atoms with E-state index < -0.39 is 0 Å². The molecule has 2 N–H and O–H groups in total. The standard InChI is InChI=1S/C46H48Cl2N6O2/c1-43(2,3)25-45(7,8)31-17-21-37(55)41(53-49-33-19-15-29(47)23-35(33)51-53)39(31)27-11-13-28(14-12-27)40-32(46(9,10)26-44(4,5)6)18-22-38(56)42(40)54-50-34-20-16-30(48)24-36(34)52-54/h11-20,23-24,55-56H,25-26H2,1-10H3. The van der Waals surface area contributed by atoms with Crippen LogP contribution in [0.15, 0.2) is 72.8 Å². The second-order valence-corrected chi connectivity index (χ2v) is 19.5. The van der Waals surface area contributed by atoms with Crippen LogP contribution in [0.1, 0.15) is 93.2 Å². The predicted molar refractivity (Wildman–Crippen MR) is 227 cm³/mol. The van der Waals surface area contributed by atoms with E-state index in [1.54, 1.807) is 24.3 Å². The summed E-state index contributed by atoms with van der Waals surface area (Å²) in [6, 6.07) is 28.9. The number of phenols is 2. The molecule has 0 fully saturated rings. The summed E-state index contributed by atoms with van der Waals surface area (Å²) >= 11 is 12.7. The summed E-state index contributed by atoms with van der Waals surface area (Å²) in [5, 5.41) is 43.4. The maximum absolute atomic E-state index is 11.6. The molecule has 0 atom stereocenters. The Hall–Kier alpha value is -4.92. The summed E-state index contributed by atoms with van der Waals surface area (Å²) in [6.45, 7) is 22.3. The Morgan fingerprint density at radius 2 is 0.857 bits per heavy atom. The molecule has 0 unspecified atom stereocenters. The van der Waals surface area contributed by atoms with Gasteiger partial charge in [0.05, 0.1) is 0 Å². The fraction of sp³-hybridized carbons (Fsp3) is 0.348. The molecule has 2 radical (unpaired) electrons. The van der Waals surface area contributed by atoms with Gasteiger partial charge in [0.2, 0.25) is 0 Å². The van der Waals surface area contributed by atoms with Gasteiger partial charge in [0, 0.05) is 33.3 Å². The molecule has 0 aliphatic carbocycles. The molecule has 56 heavy (non-hydrogen) atoms. The summed E-state index contributed by atoms with van der Waals surface area (Å²) in [5.74, 6) is -0.139. The van der Waals surface area contributed by atoms with E-state index >= 15 is 0 Å². The van der Waals surface area contributed by atoms with Crippen molar-refractivity contribution in [3.63, 3.8) is 0 Å². The number of fused-ring (bicyclic) bond motifs is 2. The molecule has 0 aliphatic heterocycles. The summed E-state index contributed by atoms with van der Waals surface area (Å²) in [4.78, 5) is 2.98. The lowest BCUT2D eigenvalue weighted by molar-refractivity contribution is 0.284. The minimum Gasteiger partial charge on any atom is -0.505 e. The minimum absolute atomic E-state index is 0.00766. The molecule has 2 aromatic heterocycles. The lowest BCUT2D eigenvalue weighted by atomic mass is 9.69. The number of hydrogen-bond acceptors (Lipinski definition) is 6. The summed E-state index contributed by atoms with van der Waals surface area (Å²) in [6.07, 6.45) is 1.72. The Balaban J connectivity index is 1.48. The van der Waals surface area contributed by atoms with Gasteiger partial charge >= 0.3 is 0 Å². The monoisotopic (exact) mass is 786 g/mol. The fourth-order valence-corrected chi connectivity index (χ4v) is 9.05. The summed E-state index contributed by atoms with van der Waals surface area (Å²) in [7, 11) is 0. The van der Waals surface area contributed by atoms with Crippen molar-refractivity contribution in [3.05, 3.63) is 106 Å². The molecular weight excluding hydrogens is 739 g/mol. The first-order valence-electron chi connectivity index (χ1n) is 18.8. The van der Waals surface area contributed by atoms with Crippen molar-refractivity contribution in [3.8, 4) is 45.1 Å². The smallest absolute Gasteiger partial charge is 0.151 e. The molecule has 0 spiro atoms. The van der Waals surface area contributed by atoms with Crippen LogP contribution >= 0.6 is 23.2 Å². The van der Waals surface area contributed by atoms with Gasteiger partial charge in [0.25, 0.3) is 0 Å². The van der Waals surface area contributed by atoms with Crippen molar-refractivity contribution >= 4 is 45.3 Å². The van der Waals surface area contributed by atoms with Crippen LogP contribution in [0, 0.1) is 23.0 Å². The van der Waals surface area contributed by atoms with Gasteiger partial charge in [-0.25, -0.2) is 0 Å². The van der Waals surface area contributed by atoms with Crippen molar-refractivity contribution in [1.29, 1.82) is 0 Å². The first-order valence-corrected chi connectivity index (χ1v) is 19.6. The van der Waals surface area contributed by atoms with Crippen LogP contribution in [0.5, 0.6) is 11.5 Å². The number of aromatic hydroxyl groups is 2. The van der Waals surface area contributed by atoms with Crippen LogP contribution < -0.4 is 0 Å².